The molecule has 1 aliphatic carbocycles. The zero-order valence-corrected chi connectivity index (χ0v) is 18.2. The van der Waals surface area contributed by atoms with E-state index in [2.05, 4.69) is 44.5 Å². The molecule has 0 aromatic carbocycles. The first-order chi connectivity index (χ1) is 13.1. The second-order valence-electron chi connectivity index (χ2n) is 9.04. The van der Waals surface area contributed by atoms with Crippen LogP contribution >= 0.6 is 12.6 Å². The van der Waals surface area contributed by atoms with Gasteiger partial charge in [0.15, 0.2) is 10.7 Å². The fraction of sp³-hybridized carbons (Fsp3) is 0.773. The minimum Gasteiger partial charge on any atom is -0.392 e. The number of nitriles is 1. The predicted molar refractivity (Wildman–Crippen MR) is 114 cm³/mol. The summed E-state index contributed by atoms with van der Waals surface area (Å²) in [5.74, 6) is -0.263. The number of nitrogens with zero attached hydrogens (tertiary/aromatic N) is 2. The summed E-state index contributed by atoms with van der Waals surface area (Å²) >= 11 is 3.79. The van der Waals surface area contributed by atoms with Crippen molar-refractivity contribution < 1.29 is 15.0 Å². The van der Waals surface area contributed by atoms with E-state index in [1.54, 1.807) is 6.08 Å². The normalized spacial score (nSPS) is 30.9. The number of hydrogen-bond acceptors (Lipinski definition) is 5. The minimum absolute atomic E-state index is 0.0728. The second kappa shape index (κ2) is 9.56. The summed E-state index contributed by atoms with van der Waals surface area (Å²) in [5.41, 5.74) is -0.147. The molecule has 1 fully saturated rings. The van der Waals surface area contributed by atoms with Gasteiger partial charge in [-0.25, -0.2) is 0 Å². The maximum atomic E-state index is 11.0. The van der Waals surface area contributed by atoms with Gasteiger partial charge in [0.05, 0.1) is 18.3 Å². The van der Waals surface area contributed by atoms with Crippen LogP contribution in [-0.4, -0.2) is 38.8 Å². The SMILES string of the molecule is CCCCC(C)(C)C(O)C=CC1C(O)CC2(C#N)N=C(CCCC(=O)S)CC12. The van der Waals surface area contributed by atoms with E-state index in [1.807, 2.05) is 6.08 Å². The van der Waals surface area contributed by atoms with Crippen LogP contribution in [0.2, 0.25) is 0 Å². The van der Waals surface area contributed by atoms with Crippen molar-refractivity contribution in [1.29, 1.82) is 5.26 Å². The van der Waals surface area contributed by atoms with E-state index in [4.69, 9.17) is 0 Å². The molecule has 0 saturated heterocycles. The van der Waals surface area contributed by atoms with Crippen LogP contribution in [0.25, 0.3) is 0 Å². The molecule has 2 rings (SSSR count). The van der Waals surface area contributed by atoms with Crippen molar-refractivity contribution >= 4 is 23.5 Å². The first-order valence-electron chi connectivity index (χ1n) is 10.4. The second-order valence-corrected chi connectivity index (χ2v) is 9.54. The molecule has 2 N–H and O–H groups in total. The highest BCUT2D eigenvalue weighted by Crippen LogP contribution is 2.50. The molecule has 1 saturated carbocycles. The Morgan fingerprint density at radius 2 is 2.21 bits per heavy atom. The van der Waals surface area contributed by atoms with Crippen LogP contribution in [0.4, 0.5) is 0 Å². The average Bonchev–Trinajstić information content (AvgIpc) is 3.09. The van der Waals surface area contributed by atoms with Crippen LogP contribution in [0.3, 0.4) is 0 Å². The lowest BCUT2D eigenvalue weighted by Crippen LogP contribution is -2.29. The highest BCUT2D eigenvalue weighted by Gasteiger charge is 2.56. The first-order valence-corrected chi connectivity index (χ1v) is 10.8. The van der Waals surface area contributed by atoms with Crippen molar-refractivity contribution in [2.45, 2.75) is 89.9 Å². The Kier molecular flexibility index (Phi) is 7.89. The summed E-state index contributed by atoms with van der Waals surface area (Å²) < 4.78 is 0. The van der Waals surface area contributed by atoms with Gasteiger partial charge >= 0.3 is 0 Å². The summed E-state index contributed by atoms with van der Waals surface area (Å²) in [6.07, 6.45) is 8.34. The molecular weight excluding hydrogens is 372 g/mol. The lowest BCUT2D eigenvalue weighted by molar-refractivity contribution is -0.110. The Bertz CT molecular complexity index is 667. The van der Waals surface area contributed by atoms with Gasteiger partial charge in [-0.3, -0.25) is 9.79 Å². The van der Waals surface area contributed by atoms with Crippen molar-refractivity contribution in [3.05, 3.63) is 12.2 Å². The third kappa shape index (κ3) is 5.25. The molecule has 5 unspecified atom stereocenters. The zero-order chi connectivity index (χ0) is 20.9. The lowest BCUT2D eigenvalue weighted by atomic mass is 9.79. The average molecular weight is 407 g/mol. The molecule has 2 aliphatic rings. The Morgan fingerprint density at radius 3 is 2.82 bits per heavy atom. The number of hydrogen-bond donors (Lipinski definition) is 3. The molecule has 0 bridgehead atoms. The summed E-state index contributed by atoms with van der Waals surface area (Å²) in [6, 6.07) is 2.35. The third-order valence-electron chi connectivity index (χ3n) is 6.40. The summed E-state index contributed by atoms with van der Waals surface area (Å²) in [6.45, 7) is 6.25. The highest BCUT2D eigenvalue weighted by molar-refractivity contribution is 7.96. The Labute approximate surface area is 174 Å². The maximum Gasteiger partial charge on any atom is 0.185 e. The Morgan fingerprint density at radius 1 is 1.50 bits per heavy atom. The van der Waals surface area contributed by atoms with Crippen molar-refractivity contribution in [2.24, 2.45) is 22.2 Å². The third-order valence-corrected chi connectivity index (χ3v) is 6.62. The smallest absolute Gasteiger partial charge is 0.185 e. The van der Waals surface area contributed by atoms with E-state index in [-0.39, 0.29) is 22.4 Å². The van der Waals surface area contributed by atoms with Crippen LogP contribution in [0.15, 0.2) is 17.1 Å². The van der Waals surface area contributed by atoms with E-state index in [9.17, 15) is 20.3 Å². The summed E-state index contributed by atoms with van der Waals surface area (Å²) in [7, 11) is 0. The van der Waals surface area contributed by atoms with E-state index < -0.39 is 17.7 Å². The molecule has 0 spiro atoms. The van der Waals surface area contributed by atoms with Gasteiger partial charge < -0.3 is 10.2 Å². The van der Waals surface area contributed by atoms with Gasteiger partial charge in [0.1, 0.15) is 0 Å². The Balaban J connectivity index is 2.07. The number of carbonyl (C=O) groups excluding carboxylic acids is 1. The molecule has 0 aromatic heterocycles. The van der Waals surface area contributed by atoms with Crippen LogP contribution < -0.4 is 0 Å². The molecule has 0 aromatic rings. The van der Waals surface area contributed by atoms with E-state index in [0.717, 1.165) is 25.0 Å². The number of rotatable bonds is 10. The predicted octanol–water partition coefficient (Wildman–Crippen LogP) is 3.85. The molecular formula is C22H34N2O3S. The quantitative estimate of drug-likeness (QED) is 0.379. The van der Waals surface area contributed by atoms with Gasteiger partial charge in [0.2, 0.25) is 0 Å². The summed E-state index contributed by atoms with van der Waals surface area (Å²) in [5, 5.41) is 30.9. The van der Waals surface area contributed by atoms with Gasteiger partial charge in [-0.1, -0.05) is 45.8 Å². The van der Waals surface area contributed by atoms with Crippen molar-refractivity contribution in [3.8, 4) is 6.07 Å². The Hall–Kier alpha value is -1.16. The maximum absolute atomic E-state index is 11.0. The van der Waals surface area contributed by atoms with Crippen molar-refractivity contribution in [3.63, 3.8) is 0 Å². The van der Waals surface area contributed by atoms with Crippen molar-refractivity contribution in [1.82, 2.24) is 0 Å². The molecule has 28 heavy (non-hydrogen) atoms. The zero-order valence-electron chi connectivity index (χ0n) is 17.3. The molecule has 156 valence electrons. The van der Waals surface area contributed by atoms with Crippen LogP contribution in [0.1, 0.15) is 72.1 Å². The standard InChI is InChI=1S/C22H34N2O3S/c1-4-5-11-21(2,3)19(26)10-9-16-17-12-15(7-6-8-20(27)28)24-22(17,14-23)13-18(16)25/h9-10,16-19,25-26H,4-8,11-13H2,1-3H3,(H,27,28). The number of aliphatic hydroxyl groups excluding tert-OH is 2. The molecule has 0 amide bonds. The van der Waals surface area contributed by atoms with Crippen molar-refractivity contribution in [2.75, 3.05) is 0 Å². The number of carbonyl (C=O) groups is 1. The fourth-order valence-electron chi connectivity index (χ4n) is 4.50. The largest absolute Gasteiger partial charge is 0.392 e. The molecule has 1 heterocycles. The number of aliphatic hydroxyl groups is 2. The van der Waals surface area contributed by atoms with E-state index in [1.165, 1.54) is 0 Å². The molecule has 0 radical (unpaired) electrons. The number of unbranched alkanes of at least 4 members (excludes halogenated alkanes) is 1. The fourth-order valence-corrected chi connectivity index (χ4v) is 4.66. The molecule has 1 aliphatic heterocycles. The minimum atomic E-state index is -0.878. The number of fused-ring (bicyclic) bond motifs is 1. The molecule has 5 atom stereocenters. The first kappa shape index (κ1) is 23.1. The van der Waals surface area contributed by atoms with Crippen LogP contribution in [0.5, 0.6) is 0 Å². The van der Waals surface area contributed by atoms with E-state index >= 15 is 0 Å². The van der Waals surface area contributed by atoms with Gasteiger partial charge in [-0.05, 0) is 31.1 Å². The topological polar surface area (TPSA) is 93.7 Å². The van der Waals surface area contributed by atoms with Crippen LogP contribution in [0, 0.1) is 28.6 Å². The van der Waals surface area contributed by atoms with Gasteiger partial charge in [0, 0.05) is 30.4 Å². The monoisotopic (exact) mass is 406 g/mol. The number of aliphatic imine (C=N–C) groups is 1. The lowest BCUT2D eigenvalue weighted by Gasteiger charge is -2.29. The highest BCUT2D eigenvalue weighted by atomic mass is 32.1. The van der Waals surface area contributed by atoms with Gasteiger partial charge in [-0.15, -0.1) is 12.6 Å². The van der Waals surface area contributed by atoms with Gasteiger partial charge in [-0.2, -0.15) is 5.26 Å². The molecule has 5 nitrogen and oxygen atoms in total. The molecule has 6 heteroatoms. The van der Waals surface area contributed by atoms with Crippen LogP contribution in [-0.2, 0) is 4.79 Å². The van der Waals surface area contributed by atoms with E-state index in [0.29, 0.717) is 32.1 Å². The number of thiol groups is 1. The summed E-state index contributed by atoms with van der Waals surface area (Å²) in [4.78, 5) is 15.7. The van der Waals surface area contributed by atoms with Gasteiger partial charge in [0.25, 0.3) is 0 Å².